The maximum atomic E-state index is 12.5. The molecule has 0 amide bonds. The van der Waals surface area contributed by atoms with Crippen molar-refractivity contribution in [3.8, 4) is 6.07 Å². The van der Waals surface area contributed by atoms with Gasteiger partial charge in [0, 0.05) is 4.47 Å². The number of rotatable bonds is 3. The molecule has 3 nitrogen and oxygen atoms in total. The van der Waals surface area contributed by atoms with Crippen LogP contribution in [0.3, 0.4) is 0 Å². The second-order valence-corrected chi connectivity index (χ2v) is 7.27. The van der Waals surface area contributed by atoms with E-state index in [9.17, 15) is 13.7 Å². The van der Waals surface area contributed by atoms with Gasteiger partial charge in [0.25, 0.3) is 0 Å². The average molecular weight is 314 g/mol. The third-order valence-corrected chi connectivity index (χ3v) is 6.78. The van der Waals surface area contributed by atoms with E-state index in [1.54, 1.807) is 24.3 Å². The quantitative estimate of drug-likeness (QED) is 0.862. The van der Waals surface area contributed by atoms with Crippen LogP contribution in [-0.4, -0.2) is 13.2 Å². The molecule has 0 bridgehead atoms. The van der Waals surface area contributed by atoms with Crippen molar-refractivity contribution >= 4 is 25.8 Å². The lowest BCUT2D eigenvalue weighted by Crippen LogP contribution is -2.24. The Hall–Kier alpha value is -0.860. The van der Waals surface area contributed by atoms with E-state index in [0.717, 1.165) is 6.42 Å². The second kappa shape index (κ2) is 4.11. The minimum atomic E-state index is -3.58. The van der Waals surface area contributed by atoms with Gasteiger partial charge in [-0.05, 0) is 40.4 Å². The van der Waals surface area contributed by atoms with E-state index in [0.29, 0.717) is 10.9 Å². The first kappa shape index (κ1) is 12.6. The molecule has 2 unspecified atom stereocenters. The standard InChI is InChI=1S/C12H12BrNO2S/c1-2-9-7-12(9,8-14)17(15,16)11-6-4-3-5-10(11)13/h3-6,9H,2,7H2,1H3. The zero-order valence-electron chi connectivity index (χ0n) is 9.35. The third-order valence-electron chi connectivity index (χ3n) is 3.34. The van der Waals surface area contributed by atoms with Crippen LogP contribution in [0.15, 0.2) is 33.6 Å². The first-order valence-corrected chi connectivity index (χ1v) is 7.67. The molecule has 0 aromatic heterocycles. The lowest BCUT2D eigenvalue weighted by molar-refractivity contribution is 0.581. The van der Waals surface area contributed by atoms with Crippen molar-refractivity contribution in [2.75, 3.05) is 0 Å². The zero-order chi connectivity index (χ0) is 12.7. The molecule has 0 saturated heterocycles. The van der Waals surface area contributed by atoms with Crippen LogP contribution < -0.4 is 0 Å². The first-order valence-electron chi connectivity index (χ1n) is 5.40. The highest BCUT2D eigenvalue weighted by atomic mass is 79.9. The molecule has 1 fully saturated rings. The molecular weight excluding hydrogens is 302 g/mol. The summed E-state index contributed by atoms with van der Waals surface area (Å²) in [6, 6.07) is 8.67. The van der Waals surface area contributed by atoms with Crippen molar-refractivity contribution in [2.45, 2.75) is 29.4 Å². The Morgan fingerprint density at radius 3 is 2.65 bits per heavy atom. The van der Waals surface area contributed by atoms with Gasteiger partial charge in [0.1, 0.15) is 0 Å². The molecule has 0 heterocycles. The molecule has 1 aliphatic carbocycles. The largest absolute Gasteiger partial charge is 0.222 e. The van der Waals surface area contributed by atoms with E-state index in [2.05, 4.69) is 15.9 Å². The number of nitriles is 1. The number of benzene rings is 1. The van der Waals surface area contributed by atoms with E-state index in [4.69, 9.17) is 0 Å². The van der Waals surface area contributed by atoms with E-state index < -0.39 is 14.6 Å². The van der Waals surface area contributed by atoms with Crippen LogP contribution in [0.25, 0.3) is 0 Å². The van der Waals surface area contributed by atoms with Crippen LogP contribution >= 0.6 is 15.9 Å². The Balaban J connectivity index is 2.54. The van der Waals surface area contributed by atoms with E-state index in [-0.39, 0.29) is 10.8 Å². The number of sulfone groups is 1. The Morgan fingerprint density at radius 2 is 2.18 bits per heavy atom. The summed E-state index contributed by atoms with van der Waals surface area (Å²) in [5.41, 5.74) is 0. The Bertz CT molecular complexity index is 591. The molecular formula is C12H12BrNO2S. The molecule has 5 heteroatoms. The van der Waals surface area contributed by atoms with Gasteiger partial charge < -0.3 is 0 Å². The molecule has 0 spiro atoms. The van der Waals surface area contributed by atoms with Crippen molar-refractivity contribution in [2.24, 2.45) is 5.92 Å². The maximum Gasteiger partial charge on any atom is 0.198 e. The molecule has 2 atom stereocenters. The fraction of sp³-hybridized carbons (Fsp3) is 0.417. The van der Waals surface area contributed by atoms with Crippen LogP contribution in [0, 0.1) is 17.2 Å². The topological polar surface area (TPSA) is 57.9 Å². The normalized spacial score (nSPS) is 27.5. The van der Waals surface area contributed by atoms with Crippen LogP contribution in [0.4, 0.5) is 0 Å². The SMILES string of the molecule is CCC1CC1(C#N)S(=O)(=O)c1ccccc1Br. The van der Waals surface area contributed by atoms with Gasteiger partial charge in [-0.25, -0.2) is 8.42 Å². The van der Waals surface area contributed by atoms with Crippen LogP contribution in [-0.2, 0) is 9.84 Å². The molecule has 1 aliphatic rings. The van der Waals surface area contributed by atoms with Gasteiger partial charge >= 0.3 is 0 Å². The summed E-state index contributed by atoms with van der Waals surface area (Å²) < 4.78 is 24.3. The zero-order valence-corrected chi connectivity index (χ0v) is 11.8. The van der Waals surface area contributed by atoms with Gasteiger partial charge in [0.2, 0.25) is 0 Å². The van der Waals surface area contributed by atoms with E-state index in [1.165, 1.54) is 0 Å². The second-order valence-electron chi connectivity index (χ2n) is 4.24. The molecule has 1 aromatic carbocycles. The summed E-state index contributed by atoms with van der Waals surface area (Å²) in [6.45, 7) is 1.92. The van der Waals surface area contributed by atoms with Gasteiger partial charge in [0.05, 0.1) is 11.0 Å². The number of nitrogens with zero attached hydrogens (tertiary/aromatic N) is 1. The molecule has 0 radical (unpaired) electrons. The van der Waals surface area contributed by atoms with Gasteiger partial charge in [-0.15, -0.1) is 0 Å². The third kappa shape index (κ3) is 1.71. The number of hydrogen-bond donors (Lipinski definition) is 0. The highest BCUT2D eigenvalue weighted by Gasteiger charge is 2.64. The lowest BCUT2D eigenvalue weighted by Gasteiger charge is -2.11. The van der Waals surface area contributed by atoms with Crippen molar-refractivity contribution < 1.29 is 8.42 Å². The van der Waals surface area contributed by atoms with Crippen molar-refractivity contribution in [3.05, 3.63) is 28.7 Å². The van der Waals surface area contributed by atoms with E-state index >= 15 is 0 Å². The fourth-order valence-electron chi connectivity index (χ4n) is 2.17. The van der Waals surface area contributed by atoms with Gasteiger partial charge in [0.15, 0.2) is 14.6 Å². The Morgan fingerprint density at radius 1 is 1.53 bits per heavy atom. The number of halogens is 1. The molecule has 1 aromatic rings. The highest BCUT2D eigenvalue weighted by molar-refractivity contribution is 9.10. The Labute approximate surface area is 110 Å². The molecule has 0 N–H and O–H groups in total. The molecule has 0 aliphatic heterocycles. The predicted octanol–water partition coefficient (Wildman–Crippen LogP) is 2.92. The average Bonchev–Trinajstić information content (AvgIpc) is 3.05. The first-order chi connectivity index (χ1) is 7.99. The summed E-state index contributed by atoms with van der Waals surface area (Å²) in [7, 11) is -3.58. The minimum Gasteiger partial charge on any atom is -0.222 e. The summed E-state index contributed by atoms with van der Waals surface area (Å²) in [4.78, 5) is 0.220. The summed E-state index contributed by atoms with van der Waals surface area (Å²) in [6.07, 6.45) is 1.17. The predicted molar refractivity (Wildman–Crippen MR) is 68.1 cm³/mol. The van der Waals surface area contributed by atoms with Gasteiger partial charge in [-0.1, -0.05) is 25.5 Å². The van der Waals surface area contributed by atoms with E-state index in [1.807, 2.05) is 13.0 Å². The van der Waals surface area contributed by atoms with Crippen molar-refractivity contribution in [3.63, 3.8) is 0 Å². The fourth-order valence-corrected chi connectivity index (χ4v) is 5.21. The maximum absolute atomic E-state index is 12.5. The van der Waals surface area contributed by atoms with Crippen LogP contribution in [0.2, 0.25) is 0 Å². The molecule has 90 valence electrons. The summed E-state index contributed by atoms with van der Waals surface area (Å²) >= 11 is 3.23. The van der Waals surface area contributed by atoms with Crippen molar-refractivity contribution in [1.82, 2.24) is 0 Å². The molecule has 2 rings (SSSR count). The number of hydrogen-bond acceptors (Lipinski definition) is 3. The lowest BCUT2D eigenvalue weighted by atomic mass is 10.3. The van der Waals surface area contributed by atoms with Crippen molar-refractivity contribution in [1.29, 1.82) is 5.26 Å². The van der Waals surface area contributed by atoms with Crippen LogP contribution in [0.1, 0.15) is 19.8 Å². The molecule has 1 saturated carbocycles. The van der Waals surface area contributed by atoms with Crippen LogP contribution in [0.5, 0.6) is 0 Å². The Kier molecular flexibility index (Phi) is 3.04. The van der Waals surface area contributed by atoms with Gasteiger partial charge in [-0.3, -0.25) is 0 Å². The summed E-state index contributed by atoms with van der Waals surface area (Å²) in [5.74, 6) is -0.0374. The summed E-state index contributed by atoms with van der Waals surface area (Å²) in [5, 5.41) is 9.20. The monoisotopic (exact) mass is 313 g/mol. The minimum absolute atomic E-state index is 0.0374. The van der Waals surface area contributed by atoms with Gasteiger partial charge in [-0.2, -0.15) is 5.26 Å². The smallest absolute Gasteiger partial charge is 0.198 e. The molecule has 17 heavy (non-hydrogen) atoms. The highest BCUT2D eigenvalue weighted by Crippen LogP contribution is 2.54.